The Morgan fingerprint density at radius 3 is 2.28 bits per heavy atom. The van der Waals surface area contributed by atoms with Crippen LogP contribution in [-0.2, 0) is 10.4 Å². The summed E-state index contributed by atoms with van der Waals surface area (Å²) in [6.07, 6.45) is 0. The van der Waals surface area contributed by atoms with Gasteiger partial charge in [0.05, 0.1) is 6.07 Å². The molecule has 152 valence electrons. The van der Waals surface area contributed by atoms with Crippen molar-refractivity contribution in [2.75, 3.05) is 18.8 Å². The van der Waals surface area contributed by atoms with Crippen LogP contribution < -0.4 is 15.7 Å². The van der Waals surface area contributed by atoms with E-state index in [9.17, 15) is 0 Å². The zero-order valence-electron chi connectivity index (χ0n) is 16.0. The Balaban J connectivity index is 0.000000431. The van der Waals surface area contributed by atoms with Crippen molar-refractivity contribution < 1.29 is 21.9 Å². The van der Waals surface area contributed by atoms with Gasteiger partial charge in [0, 0.05) is 28.6 Å². The van der Waals surface area contributed by atoms with Crippen molar-refractivity contribution in [2.45, 2.75) is 13.8 Å². The first-order valence-electron chi connectivity index (χ1n) is 9.01. The number of fused-ring (bicyclic) bond motifs is 4. The Morgan fingerprint density at radius 1 is 1.03 bits per heavy atom. The second kappa shape index (κ2) is 8.16. The molecule has 0 amide bonds. The minimum atomic E-state index is -4.67. The lowest BCUT2D eigenvalue weighted by Crippen LogP contribution is -2.29. The van der Waals surface area contributed by atoms with Crippen molar-refractivity contribution in [3.63, 3.8) is 0 Å². The number of anilines is 1. The summed E-state index contributed by atoms with van der Waals surface area (Å²) in [5.74, 6) is 0.779. The third-order valence-corrected chi connectivity index (χ3v) is 4.54. The number of nitrogen functional groups attached to an aromatic ring is 1. The topological polar surface area (TPSA) is 130 Å². The molecular formula is C20H22N3O5S+. The lowest BCUT2D eigenvalue weighted by Gasteiger charge is -2.10. The number of nitrogens with zero attached hydrogens (tertiary/aromatic N) is 2. The molecule has 0 bridgehead atoms. The third-order valence-electron chi connectivity index (χ3n) is 4.54. The van der Waals surface area contributed by atoms with E-state index in [1.54, 1.807) is 0 Å². The van der Waals surface area contributed by atoms with Crippen molar-refractivity contribution in [1.29, 1.82) is 0 Å². The summed E-state index contributed by atoms with van der Waals surface area (Å²) in [6, 6.07) is 16.1. The van der Waals surface area contributed by atoms with Gasteiger partial charge in [-0.1, -0.05) is 24.3 Å². The molecule has 1 aliphatic heterocycles. The molecule has 0 spiro atoms. The fraction of sp³-hybridized carbons (Fsp3) is 0.200. The predicted octanol–water partition coefficient (Wildman–Crippen LogP) is 2.83. The average Bonchev–Trinajstić information content (AvgIpc) is 2.67. The second-order valence-electron chi connectivity index (χ2n) is 6.34. The first-order chi connectivity index (χ1) is 13.7. The Kier molecular flexibility index (Phi) is 5.83. The van der Waals surface area contributed by atoms with Gasteiger partial charge in [0.15, 0.2) is 11.3 Å². The van der Waals surface area contributed by atoms with Crippen molar-refractivity contribution in [2.24, 2.45) is 0 Å². The first-order valence-corrected chi connectivity index (χ1v) is 10.4. The quantitative estimate of drug-likeness (QED) is 0.151. The summed E-state index contributed by atoms with van der Waals surface area (Å²) in [5.41, 5.74) is 9.33. The molecule has 0 saturated heterocycles. The summed E-state index contributed by atoms with van der Waals surface area (Å²) in [4.78, 5) is 4.83. The molecule has 0 unspecified atom stereocenters. The van der Waals surface area contributed by atoms with Gasteiger partial charge in [0.2, 0.25) is 5.36 Å². The van der Waals surface area contributed by atoms with E-state index in [1.807, 2.05) is 36.4 Å². The van der Waals surface area contributed by atoms with Crippen molar-refractivity contribution in [3.8, 4) is 11.5 Å². The number of benzene rings is 3. The third kappa shape index (κ3) is 4.70. The smallest absolute Gasteiger partial charge is 0.394 e. The zero-order chi connectivity index (χ0) is 21.2. The van der Waals surface area contributed by atoms with Crippen LogP contribution in [0.4, 0.5) is 5.69 Å². The highest BCUT2D eigenvalue weighted by Gasteiger charge is 2.14. The fourth-order valence-corrected chi connectivity index (χ4v) is 3.26. The first kappa shape index (κ1) is 20.7. The van der Waals surface area contributed by atoms with Crippen LogP contribution in [0.25, 0.3) is 33.3 Å². The lowest BCUT2D eigenvalue weighted by atomic mass is 10.1. The summed E-state index contributed by atoms with van der Waals surface area (Å²) >= 11 is 0. The minimum Gasteiger partial charge on any atom is -0.452 e. The Hall–Kier alpha value is -3.01. The van der Waals surface area contributed by atoms with E-state index >= 15 is 0 Å². The van der Waals surface area contributed by atoms with Gasteiger partial charge in [-0.3, -0.25) is 9.11 Å². The van der Waals surface area contributed by atoms with Crippen LogP contribution in [0.15, 0.2) is 52.9 Å². The van der Waals surface area contributed by atoms with Gasteiger partial charge in [-0.05, 0) is 19.9 Å². The average molecular weight is 416 g/mol. The summed E-state index contributed by atoms with van der Waals surface area (Å²) in [7, 11) is -4.67. The Labute approximate surface area is 167 Å². The van der Waals surface area contributed by atoms with E-state index in [-0.39, 0.29) is 0 Å². The molecule has 0 fully saturated rings. The summed E-state index contributed by atoms with van der Waals surface area (Å²) in [5, 5.41) is 3.17. The maximum atomic E-state index is 8.74. The van der Waals surface area contributed by atoms with Crippen molar-refractivity contribution >= 4 is 38.0 Å². The normalized spacial score (nSPS) is 11.4. The number of hydrogen-bond acceptors (Lipinski definition) is 5. The fourth-order valence-electron chi connectivity index (χ4n) is 3.26. The molecule has 9 heteroatoms. The molecule has 1 heterocycles. The highest BCUT2D eigenvalue weighted by atomic mass is 32.3. The Morgan fingerprint density at radius 2 is 1.66 bits per heavy atom. The van der Waals surface area contributed by atoms with Crippen LogP contribution in [0.5, 0.6) is 0 Å². The van der Waals surface area contributed by atoms with Gasteiger partial charge >= 0.3 is 10.4 Å². The van der Waals surface area contributed by atoms with Gasteiger partial charge in [-0.2, -0.15) is 8.42 Å². The standard InChI is InChI=1S/C20H19N3O.H2O4S/c1-3-23(4-2)13-9-10-17-18(11-13)24-19-12-16(21)14-7-5-6-8-15(14)20(19)22-17;1-5(2,3)4/h5-12,21H,3-4H2,1-2H3;(H2,1,2,3,4)/p+1. The van der Waals surface area contributed by atoms with E-state index in [0.717, 1.165) is 51.8 Å². The summed E-state index contributed by atoms with van der Waals surface area (Å²) < 4.78 is 40.0. The van der Waals surface area contributed by atoms with E-state index in [0.29, 0.717) is 5.69 Å². The van der Waals surface area contributed by atoms with Crippen LogP contribution in [0.1, 0.15) is 13.8 Å². The van der Waals surface area contributed by atoms with E-state index in [4.69, 9.17) is 32.7 Å². The van der Waals surface area contributed by atoms with Gasteiger partial charge in [0.1, 0.15) is 24.3 Å². The molecule has 2 aromatic rings. The van der Waals surface area contributed by atoms with E-state index in [1.165, 1.54) is 0 Å². The molecule has 29 heavy (non-hydrogen) atoms. The predicted molar refractivity (Wildman–Crippen MR) is 113 cm³/mol. The highest BCUT2D eigenvalue weighted by Crippen LogP contribution is 2.32. The van der Waals surface area contributed by atoms with Crippen molar-refractivity contribution in [3.05, 3.63) is 53.9 Å². The molecule has 4 N–H and O–H groups in total. The maximum absolute atomic E-state index is 8.74. The van der Waals surface area contributed by atoms with Crippen LogP contribution in [0.2, 0.25) is 0 Å². The number of hydrogen-bond donors (Lipinski definition) is 3. The van der Waals surface area contributed by atoms with Gasteiger partial charge in [0.25, 0.3) is 0 Å². The van der Waals surface area contributed by atoms with Crippen LogP contribution in [-0.4, -0.2) is 35.6 Å². The van der Waals surface area contributed by atoms with Gasteiger partial charge in [-0.15, -0.1) is 0 Å². The monoisotopic (exact) mass is 416 g/mol. The second-order valence-corrected chi connectivity index (χ2v) is 7.24. The van der Waals surface area contributed by atoms with Gasteiger partial charge in [-0.25, -0.2) is 9.56 Å². The summed E-state index contributed by atoms with van der Waals surface area (Å²) in [6.45, 7) is 6.22. The molecule has 0 radical (unpaired) electrons. The molecule has 0 aromatic heterocycles. The molecule has 8 nitrogen and oxygen atoms in total. The number of rotatable bonds is 2. The van der Waals surface area contributed by atoms with Crippen LogP contribution in [0, 0.1) is 0 Å². The molecular weight excluding hydrogens is 394 g/mol. The van der Waals surface area contributed by atoms with Crippen LogP contribution >= 0.6 is 0 Å². The number of nitrogens with two attached hydrogens (primary N) is 1. The largest absolute Gasteiger partial charge is 0.452 e. The van der Waals surface area contributed by atoms with Crippen LogP contribution in [0.3, 0.4) is 0 Å². The zero-order valence-corrected chi connectivity index (χ0v) is 16.8. The Bertz CT molecular complexity index is 1320. The molecule has 4 rings (SSSR count). The molecule has 2 aromatic carbocycles. The molecule has 0 saturated carbocycles. The van der Waals surface area contributed by atoms with Gasteiger partial charge < -0.3 is 10.2 Å². The van der Waals surface area contributed by atoms with E-state index in [2.05, 4.69) is 30.6 Å². The molecule has 1 aliphatic carbocycles. The highest BCUT2D eigenvalue weighted by molar-refractivity contribution is 7.79. The SMILES string of the molecule is CC[N+](CC)=c1ccc2nc3c(cc(N)c4ccccc43)oc-2c1.O=S(=O)(O)O. The number of aromatic nitrogens is 1. The van der Waals surface area contributed by atoms with Crippen molar-refractivity contribution in [1.82, 2.24) is 9.56 Å². The lowest BCUT2D eigenvalue weighted by molar-refractivity contribution is 0.381. The van der Waals surface area contributed by atoms with E-state index < -0.39 is 10.4 Å². The maximum Gasteiger partial charge on any atom is 0.394 e. The minimum absolute atomic E-state index is 0.711. The molecule has 0 atom stereocenters. The molecule has 2 aliphatic rings.